The average Bonchev–Trinajstić information content (AvgIpc) is 2.53. The van der Waals surface area contributed by atoms with Gasteiger partial charge in [-0.25, -0.2) is 20.6 Å². The number of H-pyrrole nitrogens is 1. The largest absolute Gasteiger partial charge is 0.328 e. The Labute approximate surface area is 97.2 Å². The fourth-order valence-corrected chi connectivity index (χ4v) is 2.18. The van der Waals surface area contributed by atoms with Gasteiger partial charge in [0.15, 0.2) is 11.5 Å². The van der Waals surface area contributed by atoms with Crippen LogP contribution in [0.5, 0.6) is 0 Å². The quantitative estimate of drug-likeness (QED) is 0.570. The van der Waals surface area contributed by atoms with Gasteiger partial charge in [-0.3, -0.25) is 9.58 Å². The summed E-state index contributed by atoms with van der Waals surface area (Å²) in [7, 11) is 1.68. The zero-order chi connectivity index (χ0) is 12.0. The molecule has 3 rings (SSSR count). The summed E-state index contributed by atoms with van der Waals surface area (Å²) >= 11 is 0. The number of aromatic nitrogens is 4. The molecule has 0 spiro atoms. The second kappa shape index (κ2) is 3.56. The SMILES string of the molecule is CN(N)c1ncnc2c1[nH]c(=O)n2C1CCC1. The maximum Gasteiger partial charge on any atom is 0.328 e. The monoisotopic (exact) mass is 234 g/mol. The Morgan fingerprint density at radius 2 is 2.29 bits per heavy atom. The number of rotatable bonds is 2. The van der Waals surface area contributed by atoms with Crippen molar-refractivity contribution in [2.75, 3.05) is 12.1 Å². The van der Waals surface area contributed by atoms with Crippen LogP contribution in [0.1, 0.15) is 25.3 Å². The topological polar surface area (TPSA) is 92.8 Å². The van der Waals surface area contributed by atoms with Gasteiger partial charge in [-0.1, -0.05) is 0 Å². The Kier molecular flexibility index (Phi) is 2.15. The van der Waals surface area contributed by atoms with E-state index >= 15 is 0 Å². The molecule has 1 fully saturated rings. The van der Waals surface area contributed by atoms with E-state index in [1.807, 2.05) is 0 Å². The molecule has 1 aliphatic rings. The Bertz CT molecular complexity index is 609. The van der Waals surface area contributed by atoms with Crippen LogP contribution in [-0.4, -0.2) is 26.6 Å². The third-order valence-electron chi connectivity index (χ3n) is 3.26. The maximum atomic E-state index is 11.9. The van der Waals surface area contributed by atoms with Crippen molar-refractivity contribution in [3.63, 3.8) is 0 Å². The molecular weight excluding hydrogens is 220 g/mol. The Morgan fingerprint density at radius 1 is 1.53 bits per heavy atom. The fourth-order valence-electron chi connectivity index (χ4n) is 2.18. The number of imidazole rings is 1. The van der Waals surface area contributed by atoms with E-state index in [0.29, 0.717) is 17.0 Å². The summed E-state index contributed by atoms with van der Waals surface area (Å²) in [6, 6.07) is 0.266. The predicted octanol–water partition coefficient (Wildman–Crippen LogP) is 0.154. The number of nitrogens with two attached hydrogens (primary N) is 1. The number of hydrogen-bond donors (Lipinski definition) is 2. The molecule has 0 atom stereocenters. The molecular formula is C10H14N6O. The summed E-state index contributed by atoms with van der Waals surface area (Å²) in [4.78, 5) is 23.0. The van der Waals surface area contributed by atoms with E-state index in [2.05, 4.69) is 15.0 Å². The molecule has 0 saturated heterocycles. The lowest BCUT2D eigenvalue weighted by molar-refractivity contribution is 0.313. The van der Waals surface area contributed by atoms with Gasteiger partial charge < -0.3 is 4.98 Å². The summed E-state index contributed by atoms with van der Waals surface area (Å²) in [5.74, 6) is 6.21. The zero-order valence-electron chi connectivity index (χ0n) is 9.55. The molecule has 3 N–H and O–H groups in total. The van der Waals surface area contributed by atoms with Crippen LogP contribution in [0, 0.1) is 0 Å². The summed E-state index contributed by atoms with van der Waals surface area (Å²) in [6.07, 6.45) is 4.66. The molecule has 0 amide bonds. The summed E-state index contributed by atoms with van der Waals surface area (Å²) in [6.45, 7) is 0. The number of fused-ring (bicyclic) bond motifs is 1. The lowest BCUT2D eigenvalue weighted by Crippen LogP contribution is -2.27. The summed E-state index contributed by atoms with van der Waals surface area (Å²) in [5, 5.41) is 1.38. The van der Waals surface area contributed by atoms with E-state index in [9.17, 15) is 4.79 Å². The molecule has 7 heteroatoms. The predicted molar refractivity (Wildman–Crippen MR) is 63.6 cm³/mol. The molecule has 1 saturated carbocycles. The van der Waals surface area contributed by atoms with Gasteiger partial charge in [0, 0.05) is 13.1 Å². The second-order valence-corrected chi connectivity index (χ2v) is 4.39. The molecule has 0 unspecified atom stereocenters. The molecule has 1 aliphatic carbocycles. The molecule has 2 aromatic rings. The van der Waals surface area contributed by atoms with Gasteiger partial charge in [0.05, 0.1) is 0 Å². The van der Waals surface area contributed by atoms with Crippen molar-refractivity contribution in [2.24, 2.45) is 5.84 Å². The van der Waals surface area contributed by atoms with E-state index in [-0.39, 0.29) is 11.7 Å². The van der Waals surface area contributed by atoms with E-state index in [4.69, 9.17) is 5.84 Å². The first kappa shape index (κ1) is 10.3. The number of hydrazine groups is 1. The smallest absolute Gasteiger partial charge is 0.301 e. The van der Waals surface area contributed by atoms with Crippen LogP contribution < -0.4 is 16.5 Å². The fraction of sp³-hybridized carbons (Fsp3) is 0.500. The summed E-state index contributed by atoms with van der Waals surface area (Å²) in [5.41, 5.74) is 1.12. The van der Waals surface area contributed by atoms with Gasteiger partial charge in [-0.2, -0.15) is 0 Å². The van der Waals surface area contributed by atoms with Gasteiger partial charge in [-0.05, 0) is 19.3 Å². The molecule has 2 aromatic heterocycles. The van der Waals surface area contributed by atoms with E-state index in [1.165, 1.54) is 17.8 Å². The van der Waals surface area contributed by atoms with Crippen LogP contribution in [0.2, 0.25) is 0 Å². The van der Waals surface area contributed by atoms with Crippen molar-refractivity contribution in [1.82, 2.24) is 19.5 Å². The number of anilines is 1. The third kappa shape index (κ3) is 1.42. The van der Waals surface area contributed by atoms with Gasteiger partial charge in [-0.15, -0.1) is 0 Å². The van der Waals surface area contributed by atoms with Crippen LogP contribution >= 0.6 is 0 Å². The van der Waals surface area contributed by atoms with E-state index in [1.54, 1.807) is 11.6 Å². The van der Waals surface area contributed by atoms with Gasteiger partial charge in [0.2, 0.25) is 0 Å². The highest BCUT2D eigenvalue weighted by Crippen LogP contribution is 2.32. The zero-order valence-corrected chi connectivity index (χ0v) is 9.55. The minimum absolute atomic E-state index is 0.131. The Balaban J connectivity index is 2.27. The van der Waals surface area contributed by atoms with Crippen molar-refractivity contribution in [2.45, 2.75) is 25.3 Å². The molecule has 0 bridgehead atoms. The van der Waals surface area contributed by atoms with Crippen molar-refractivity contribution in [3.05, 3.63) is 16.8 Å². The van der Waals surface area contributed by atoms with Gasteiger partial charge in [0.25, 0.3) is 0 Å². The first-order valence-corrected chi connectivity index (χ1v) is 5.62. The van der Waals surface area contributed by atoms with Crippen molar-refractivity contribution in [1.29, 1.82) is 0 Å². The third-order valence-corrected chi connectivity index (χ3v) is 3.26. The molecule has 17 heavy (non-hydrogen) atoms. The summed E-state index contributed by atoms with van der Waals surface area (Å²) < 4.78 is 1.72. The minimum Gasteiger partial charge on any atom is -0.301 e. The van der Waals surface area contributed by atoms with E-state index < -0.39 is 0 Å². The number of nitrogens with zero attached hydrogens (tertiary/aromatic N) is 4. The first-order chi connectivity index (χ1) is 8.18. The highest BCUT2D eigenvalue weighted by molar-refractivity contribution is 5.82. The normalized spacial score (nSPS) is 16.1. The first-order valence-electron chi connectivity index (χ1n) is 5.62. The average molecular weight is 234 g/mol. The molecule has 7 nitrogen and oxygen atoms in total. The Hall–Kier alpha value is -1.89. The molecule has 90 valence electrons. The van der Waals surface area contributed by atoms with E-state index in [0.717, 1.165) is 12.8 Å². The van der Waals surface area contributed by atoms with Crippen LogP contribution in [0.3, 0.4) is 0 Å². The highest BCUT2D eigenvalue weighted by Gasteiger charge is 2.25. The lowest BCUT2D eigenvalue weighted by Gasteiger charge is -2.26. The van der Waals surface area contributed by atoms with Crippen LogP contribution in [0.25, 0.3) is 11.2 Å². The maximum absolute atomic E-state index is 11.9. The highest BCUT2D eigenvalue weighted by atomic mass is 16.1. The van der Waals surface area contributed by atoms with Crippen LogP contribution in [-0.2, 0) is 0 Å². The van der Waals surface area contributed by atoms with Gasteiger partial charge in [0.1, 0.15) is 11.8 Å². The second-order valence-electron chi connectivity index (χ2n) is 4.39. The minimum atomic E-state index is -0.131. The van der Waals surface area contributed by atoms with Gasteiger partial charge >= 0.3 is 5.69 Å². The lowest BCUT2D eigenvalue weighted by atomic mass is 9.93. The Morgan fingerprint density at radius 3 is 2.88 bits per heavy atom. The van der Waals surface area contributed by atoms with Crippen molar-refractivity contribution in [3.8, 4) is 0 Å². The molecule has 0 aromatic carbocycles. The van der Waals surface area contributed by atoms with Crippen LogP contribution in [0.4, 0.5) is 5.82 Å². The number of aromatic amines is 1. The number of hydrogen-bond acceptors (Lipinski definition) is 5. The molecule has 0 radical (unpaired) electrons. The standard InChI is InChI=1S/C10H14N6O/c1-15(11)8-7-9(13-5-12-8)16(10(17)14-7)6-3-2-4-6/h5-6H,2-4,11H2,1H3,(H,14,17). The van der Waals surface area contributed by atoms with Crippen molar-refractivity contribution < 1.29 is 0 Å². The molecule has 0 aliphatic heterocycles. The van der Waals surface area contributed by atoms with Crippen LogP contribution in [0.15, 0.2) is 11.1 Å². The van der Waals surface area contributed by atoms with Crippen molar-refractivity contribution >= 4 is 17.0 Å². The number of nitrogens with one attached hydrogen (secondary N) is 1. The molecule has 2 heterocycles.